The number of nitrogens with one attached hydrogen (secondary N) is 1. The zero-order chi connectivity index (χ0) is 23.1. The summed E-state index contributed by atoms with van der Waals surface area (Å²) in [4.78, 5) is 36.4. The average Bonchev–Trinajstić information content (AvgIpc) is 3.40. The smallest absolute Gasteiger partial charge is 0.246 e. The number of carbonyl (C=O) groups excluding carboxylic acids is 2. The number of rotatable bonds is 3. The summed E-state index contributed by atoms with van der Waals surface area (Å²) < 4.78 is 5.48. The largest absolute Gasteiger partial charge is 0.378 e. The summed E-state index contributed by atoms with van der Waals surface area (Å²) in [5.74, 6) is 1.62. The second-order valence-corrected chi connectivity index (χ2v) is 9.66. The number of aromatic nitrogens is 1. The third-order valence-electron chi connectivity index (χ3n) is 7.48. The summed E-state index contributed by atoms with van der Waals surface area (Å²) in [5, 5.41) is 2.92. The highest BCUT2D eigenvalue weighted by molar-refractivity contribution is 5.96. The molecule has 0 bridgehead atoms. The number of morpholine rings is 1. The minimum Gasteiger partial charge on any atom is -0.378 e. The number of likely N-dealkylation sites (tertiary alicyclic amines) is 1. The molecule has 0 saturated carbocycles. The number of ether oxygens (including phenoxy) is 1. The molecule has 3 fully saturated rings. The van der Waals surface area contributed by atoms with Crippen molar-refractivity contribution in [1.82, 2.24) is 14.8 Å². The zero-order valence-corrected chi connectivity index (χ0v) is 19.1. The first-order valence-electron chi connectivity index (χ1n) is 12.0. The minimum absolute atomic E-state index is 0.0529. The Morgan fingerprint density at radius 3 is 2.71 bits per heavy atom. The molecule has 6 rings (SSSR count). The second kappa shape index (κ2) is 8.85. The van der Waals surface area contributed by atoms with Gasteiger partial charge < -0.3 is 19.9 Å². The number of carbonyl (C=O) groups is 2. The van der Waals surface area contributed by atoms with Crippen molar-refractivity contribution >= 4 is 29.4 Å². The second-order valence-electron chi connectivity index (χ2n) is 9.66. The number of amides is 2. The maximum atomic E-state index is 12.9. The summed E-state index contributed by atoms with van der Waals surface area (Å²) in [5.41, 5.74) is 3.09. The van der Waals surface area contributed by atoms with E-state index in [-0.39, 0.29) is 17.9 Å². The van der Waals surface area contributed by atoms with Crippen LogP contribution in [0.5, 0.6) is 0 Å². The van der Waals surface area contributed by atoms with Crippen LogP contribution in [0.3, 0.4) is 0 Å². The van der Waals surface area contributed by atoms with Gasteiger partial charge in [0.2, 0.25) is 11.8 Å². The Bertz CT molecular complexity index is 1110. The number of para-hydroxylation sites is 1. The predicted molar refractivity (Wildman–Crippen MR) is 129 cm³/mol. The highest BCUT2D eigenvalue weighted by Gasteiger charge is 2.41. The Balaban J connectivity index is 1.09. The highest BCUT2D eigenvalue weighted by atomic mass is 16.5. The van der Waals surface area contributed by atoms with Gasteiger partial charge in [0, 0.05) is 74.6 Å². The molecule has 1 N–H and O–H groups in total. The normalized spacial score (nSPS) is 26.7. The van der Waals surface area contributed by atoms with Gasteiger partial charge in [-0.2, -0.15) is 0 Å². The molecule has 2 amide bonds. The van der Waals surface area contributed by atoms with E-state index in [2.05, 4.69) is 44.4 Å². The molecule has 8 heteroatoms. The van der Waals surface area contributed by atoms with E-state index in [1.54, 1.807) is 12.3 Å². The van der Waals surface area contributed by atoms with E-state index < -0.39 is 0 Å². The molecular weight excluding hydrogens is 430 g/mol. The third-order valence-corrected chi connectivity index (χ3v) is 7.48. The summed E-state index contributed by atoms with van der Waals surface area (Å²) in [6.07, 6.45) is 5.20. The van der Waals surface area contributed by atoms with Gasteiger partial charge >= 0.3 is 0 Å². The van der Waals surface area contributed by atoms with Gasteiger partial charge in [-0.3, -0.25) is 14.5 Å². The quantitative estimate of drug-likeness (QED) is 0.706. The number of benzene rings is 1. The fourth-order valence-electron chi connectivity index (χ4n) is 5.64. The molecule has 3 atom stereocenters. The monoisotopic (exact) mass is 459 g/mol. The number of hydrogen-bond acceptors (Lipinski definition) is 6. The number of nitrogens with zero attached hydrogens (tertiary/aromatic N) is 4. The van der Waals surface area contributed by atoms with Crippen LogP contribution in [0.4, 0.5) is 11.5 Å². The Morgan fingerprint density at radius 1 is 1.12 bits per heavy atom. The maximum Gasteiger partial charge on any atom is 0.246 e. The van der Waals surface area contributed by atoms with Crippen LogP contribution in [-0.2, 0) is 20.9 Å². The molecule has 0 spiro atoms. The number of pyridine rings is 1. The molecule has 176 valence electrons. The van der Waals surface area contributed by atoms with Crippen molar-refractivity contribution in [3.63, 3.8) is 0 Å². The lowest BCUT2D eigenvalue weighted by Crippen LogP contribution is -2.49. The topological polar surface area (TPSA) is 78.0 Å². The standard InChI is InChI=1S/C26H29N5O3/c32-24(31-15-20-13-30(14-21(20)16-31)22-4-2-1-3-5-22)7-6-18-10-19-12-29-8-9-34-17-23(29)26(33)28-25(19)27-11-18/h1-7,10-11,20-21,23H,8-9,12-17H2,(H,27,28,33)/b7-6+. The van der Waals surface area contributed by atoms with Gasteiger partial charge in [-0.1, -0.05) is 18.2 Å². The van der Waals surface area contributed by atoms with Crippen molar-refractivity contribution < 1.29 is 14.3 Å². The summed E-state index contributed by atoms with van der Waals surface area (Å²) in [6, 6.07) is 12.3. The first-order valence-corrected chi connectivity index (χ1v) is 12.0. The molecule has 1 aromatic heterocycles. The lowest BCUT2D eigenvalue weighted by Gasteiger charge is -2.32. The van der Waals surface area contributed by atoms with Gasteiger partial charge in [-0.25, -0.2) is 4.98 Å². The minimum atomic E-state index is -0.282. The molecule has 34 heavy (non-hydrogen) atoms. The van der Waals surface area contributed by atoms with Gasteiger partial charge in [0.15, 0.2) is 0 Å². The Morgan fingerprint density at radius 2 is 1.91 bits per heavy atom. The Labute approximate surface area is 199 Å². The van der Waals surface area contributed by atoms with Crippen LogP contribution < -0.4 is 10.2 Å². The van der Waals surface area contributed by atoms with Crippen LogP contribution in [0.25, 0.3) is 6.08 Å². The molecule has 3 saturated heterocycles. The average molecular weight is 460 g/mol. The third kappa shape index (κ3) is 4.08. The molecule has 4 aliphatic heterocycles. The molecule has 3 unspecified atom stereocenters. The SMILES string of the molecule is O=C1Nc2ncc(/C=C/C(=O)N3CC4CN(c5ccccc5)CC4C3)cc2CN2CCOCC12. The predicted octanol–water partition coefficient (Wildman–Crippen LogP) is 1.84. The van der Waals surface area contributed by atoms with Crippen LogP contribution in [0.1, 0.15) is 11.1 Å². The van der Waals surface area contributed by atoms with Crippen LogP contribution in [0.2, 0.25) is 0 Å². The molecular formula is C26H29N5O3. The molecule has 0 radical (unpaired) electrons. The van der Waals surface area contributed by atoms with E-state index in [9.17, 15) is 9.59 Å². The van der Waals surface area contributed by atoms with E-state index in [1.165, 1.54) is 5.69 Å². The van der Waals surface area contributed by atoms with Gasteiger partial charge in [0.25, 0.3) is 0 Å². The molecule has 5 heterocycles. The number of hydrogen-bond donors (Lipinski definition) is 1. The molecule has 2 aromatic rings. The van der Waals surface area contributed by atoms with Crippen LogP contribution in [-0.4, -0.2) is 78.6 Å². The lowest BCUT2D eigenvalue weighted by molar-refractivity contribution is -0.127. The molecule has 4 aliphatic rings. The van der Waals surface area contributed by atoms with Crippen molar-refractivity contribution in [3.8, 4) is 0 Å². The number of anilines is 2. The maximum absolute atomic E-state index is 12.9. The van der Waals surface area contributed by atoms with Crippen molar-refractivity contribution in [1.29, 1.82) is 0 Å². The molecule has 0 aliphatic carbocycles. The van der Waals surface area contributed by atoms with Crippen molar-refractivity contribution in [2.45, 2.75) is 12.6 Å². The van der Waals surface area contributed by atoms with Crippen molar-refractivity contribution in [3.05, 3.63) is 59.8 Å². The first-order chi connectivity index (χ1) is 16.6. The van der Waals surface area contributed by atoms with E-state index >= 15 is 0 Å². The summed E-state index contributed by atoms with van der Waals surface area (Å²) in [6.45, 7) is 6.02. The Kier molecular flexibility index (Phi) is 5.55. The molecule has 8 nitrogen and oxygen atoms in total. The van der Waals surface area contributed by atoms with Crippen molar-refractivity contribution in [2.24, 2.45) is 11.8 Å². The number of fused-ring (bicyclic) bond motifs is 3. The Hall–Kier alpha value is -3.23. The van der Waals surface area contributed by atoms with Crippen LogP contribution in [0, 0.1) is 11.8 Å². The van der Waals surface area contributed by atoms with Gasteiger partial charge in [0.05, 0.1) is 13.2 Å². The van der Waals surface area contributed by atoms with E-state index in [4.69, 9.17) is 4.74 Å². The lowest BCUT2D eigenvalue weighted by atomic mass is 10.0. The van der Waals surface area contributed by atoms with E-state index in [0.717, 1.165) is 43.9 Å². The fraction of sp³-hybridized carbons (Fsp3) is 0.423. The zero-order valence-electron chi connectivity index (χ0n) is 19.1. The van der Waals surface area contributed by atoms with Crippen molar-refractivity contribution in [2.75, 3.05) is 56.2 Å². The molecule has 1 aromatic carbocycles. The van der Waals surface area contributed by atoms with Gasteiger partial charge in [-0.15, -0.1) is 0 Å². The van der Waals surface area contributed by atoms with Crippen LogP contribution in [0.15, 0.2) is 48.7 Å². The first kappa shape index (κ1) is 21.3. The highest BCUT2D eigenvalue weighted by Crippen LogP contribution is 2.34. The van der Waals surface area contributed by atoms with E-state index in [1.807, 2.05) is 23.1 Å². The summed E-state index contributed by atoms with van der Waals surface area (Å²) >= 11 is 0. The summed E-state index contributed by atoms with van der Waals surface area (Å²) in [7, 11) is 0. The fourth-order valence-corrected chi connectivity index (χ4v) is 5.64. The van der Waals surface area contributed by atoms with Crippen LogP contribution >= 0.6 is 0 Å². The van der Waals surface area contributed by atoms with Gasteiger partial charge in [-0.05, 0) is 29.8 Å². The van der Waals surface area contributed by atoms with E-state index in [0.29, 0.717) is 37.4 Å². The van der Waals surface area contributed by atoms with Gasteiger partial charge in [0.1, 0.15) is 11.9 Å².